The number of anilines is 2. The predicted octanol–water partition coefficient (Wildman–Crippen LogP) is 1.67. The first-order chi connectivity index (χ1) is 5.86. The van der Waals surface area contributed by atoms with Crippen LogP contribution in [0.1, 0.15) is 12.8 Å². The van der Waals surface area contributed by atoms with E-state index in [0.717, 1.165) is 24.5 Å². The van der Waals surface area contributed by atoms with Gasteiger partial charge in [0.1, 0.15) is 0 Å². The summed E-state index contributed by atoms with van der Waals surface area (Å²) in [6.07, 6.45) is 2.59. The van der Waals surface area contributed by atoms with Gasteiger partial charge in [-0.2, -0.15) is 0 Å². The van der Waals surface area contributed by atoms with Crippen LogP contribution in [-0.2, 0) is 0 Å². The maximum absolute atomic E-state index is 5.68. The number of rotatable bonds is 1. The lowest BCUT2D eigenvalue weighted by molar-refractivity contribution is 0.949. The van der Waals surface area contributed by atoms with E-state index in [1.54, 1.807) is 0 Å². The third-order valence-electron chi connectivity index (χ3n) is 2.26. The summed E-state index contributed by atoms with van der Waals surface area (Å²) in [5.74, 6) is 0. The first kappa shape index (κ1) is 7.47. The summed E-state index contributed by atoms with van der Waals surface area (Å²) < 4.78 is 0. The van der Waals surface area contributed by atoms with Crippen molar-refractivity contribution in [3.63, 3.8) is 0 Å². The van der Waals surface area contributed by atoms with Crippen molar-refractivity contribution in [3.8, 4) is 0 Å². The molecule has 1 aromatic carbocycles. The largest absolute Gasteiger partial charge is 0.399 e. The van der Waals surface area contributed by atoms with Gasteiger partial charge in [-0.05, 0) is 25.0 Å². The molecule has 2 heteroatoms. The second kappa shape index (κ2) is 3.05. The van der Waals surface area contributed by atoms with Crippen LogP contribution in [0.4, 0.5) is 11.4 Å². The van der Waals surface area contributed by atoms with Gasteiger partial charge >= 0.3 is 0 Å². The standard InChI is InChI=1S/C10H13N2/c11-9-4-3-5-10(8-9)12-6-1-2-7-12/h3-4,8H,1-2,6-7,11H2. The number of nitrogens with zero attached hydrogens (tertiary/aromatic N) is 1. The Morgan fingerprint density at radius 2 is 2.08 bits per heavy atom. The summed E-state index contributed by atoms with van der Waals surface area (Å²) in [6.45, 7) is 2.31. The predicted molar refractivity (Wildman–Crippen MR) is 51.1 cm³/mol. The molecule has 12 heavy (non-hydrogen) atoms. The van der Waals surface area contributed by atoms with Crippen LogP contribution in [0.15, 0.2) is 18.2 Å². The van der Waals surface area contributed by atoms with Gasteiger partial charge in [0, 0.05) is 30.5 Å². The molecule has 0 bridgehead atoms. The van der Waals surface area contributed by atoms with Crippen molar-refractivity contribution in [3.05, 3.63) is 24.3 Å². The monoisotopic (exact) mass is 161 g/mol. The van der Waals surface area contributed by atoms with E-state index in [-0.39, 0.29) is 0 Å². The third kappa shape index (κ3) is 1.37. The van der Waals surface area contributed by atoms with E-state index in [1.165, 1.54) is 12.8 Å². The van der Waals surface area contributed by atoms with E-state index >= 15 is 0 Å². The van der Waals surface area contributed by atoms with Crippen LogP contribution < -0.4 is 10.6 Å². The Kier molecular flexibility index (Phi) is 1.90. The van der Waals surface area contributed by atoms with E-state index < -0.39 is 0 Å². The minimum absolute atomic E-state index is 0.829. The molecule has 0 aromatic heterocycles. The topological polar surface area (TPSA) is 29.3 Å². The summed E-state index contributed by atoms with van der Waals surface area (Å²) in [7, 11) is 0. The quantitative estimate of drug-likeness (QED) is 0.635. The molecule has 1 saturated heterocycles. The van der Waals surface area contributed by atoms with Gasteiger partial charge in [0.05, 0.1) is 0 Å². The van der Waals surface area contributed by atoms with E-state index in [2.05, 4.69) is 11.0 Å². The molecule has 1 aliphatic heterocycles. The molecule has 0 unspecified atom stereocenters. The maximum atomic E-state index is 5.68. The lowest BCUT2D eigenvalue weighted by Crippen LogP contribution is -2.17. The smallest absolute Gasteiger partial charge is 0.0467 e. The second-order valence-electron chi connectivity index (χ2n) is 3.20. The van der Waals surface area contributed by atoms with Gasteiger partial charge in [-0.3, -0.25) is 0 Å². The Bertz CT molecular complexity index is 264. The molecule has 1 fully saturated rings. The number of nitrogen functional groups attached to an aromatic ring is 1. The van der Waals surface area contributed by atoms with Gasteiger partial charge < -0.3 is 10.6 Å². The Labute approximate surface area is 73.0 Å². The Balaban J connectivity index is 2.21. The zero-order valence-electron chi connectivity index (χ0n) is 7.09. The number of hydrogen-bond donors (Lipinski definition) is 1. The Morgan fingerprint density at radius 1 is 1.33 bits per heavy atom. The first-order valence-corrected chi connectivity index (χ1v) is 4.38. The third-order valence-corrected chi connectivity index (χ3v) is 2.26. The van der Waals surface area contributed by atoms with E-state index in [1.807, 2.05) is 18.2 Å². The highest BCUT2D eigenvalue weighted by Crippen LogP contribution is 2.20. The molecule has 0 aliphatic carbocycles. The molecule has 1 heterocycles. The van der Waals surface area contributed by atoms with Crippen molar-refractivity contribution in [2.45, 2.75) is 12.8 Å². The van der Waals surface area contributed by atoms with Crippen LogP contribution in [0.3, 0.4) is 0 Å². The molecule has 0 amide bonds. The fourth-order valence-electron chi connectivity index (χ4n) is 1.61. The maximum Gasteiger partial charge on any atom is 0.0467 e. The average Bonchev–Trinajstić information content (AvgIpc) is 2.56. The van der Waals surface area contributed by atoms with Crippen LogP contribution >= 0.6 is 0 Å². The molecule has 1 aliphatic rings. The van der Waals surface area contributed by atoms with Crippen molar-refractivity contribution in [2.24, 2.45) is 0 Å². The number of hydrogen-bond acceptors (Lipinski definition) is 2. The SMILES string of the molecule is Nc1cc[c]c(N2CCCC2)c1. The molecule has 63 valence electrons. The zero-order valence-corrected chi connectivity index (χ0v) is 7.09. The van der Waals surface area contributed by atoms with Gasteiger partial charge in [0.25, 0.3) is 0 Å². The summed E-state index contributed by atoms with van der Waals surface area (Å²) in [6, 6.07) is 8.95. The molecular weight excluding hydrogens is 148 g/mol. The van der Waals surface area contributed by atoms with Crippen molar-refractivity contribution in [1.82, 2.24) is 0 Å². The summed E-state index contributed by atoms with van der Waals surface area (Å²) in [4.78, 5) is 2.33. The first-order valence-electron chi connectivity index (χ1n) is 4.38. The second-order valence-corrected chi connectivity index (χ2v) is 3.20. The lowest BCUT2D eigenvalue weighted by Gasteiger charge is -2.16. The van der Waals surface area contributed by atoms with Crippen LogP contribution in [0.25, 0.3) is 0 Å². The highest BCUT2D eigenvalue weighted by atomic mass is 15.1. The molecule has 2 nitrogen and oxygen atoms in total. The highest BCUT2D eigenvalue weighted by molar-refractivity contribution is 5.55. The van der Waals surface area contributed by atoms with Gasteiger partial charge in [0.15, 0.2) is 0 Å². The number of nitrogens with two attached hydrogens (primary N) is 1. The van der Waals surface area contributed by atoms with Crippen molar-refractivity contribution in [1.29, 1.82) is 0 Å². The van der Waals surface area contributed by atoms with E-state index in [0.29, 0.717) is 0 Å². The van der Waals surface area contributed by atoms with Crippen molar-refractivity contribution < 1.29 is 0 Å². The molecule has 2 N–H and O–H groups in total. The Hall–Kier alpha value is -1.18. The lowest BCUT2D eigenvalue weighted by atomic mass is 10.2. The fourth-order valence-corrected chi connectivity index (χ4v) is 1.61. The molecule has 0 spiro atoms. The van der Waals surface area contributed by atoms with Crippen molar-refractivity contribution >= 4 is 11.4 Å². The molecule has 1 aromatic rings. The van der Waals surface area contributed by atoms with Crippen LogP contribution in [-0.4, -0.2) is 13.1 Å². The minimum atomic E-state index is 0.829. The zero-order chi connectivity index (χ0) is 8.39. The molecule has 1 radical (unpaired) electrons. The minimum Gasteiger partial charge on any atom is -0.399 e. The summed E-state index contributed by atoms with van der Waals surface area (Å²) in [5, 5.41) is 0. The van der Waals surface area contributed by atoms with Gasteiger partial charge in [-0.1, -0.05) is 6.07 Å². The summed E-state index contributed by atoms with van der Waals surface area (Å²) in [5.41, 5.74) is 7.65. The molecule has 0 atom stereocenters. The molecular formula is C10H13N2. The molecule has 0 saturated carbocycles. The van der Waals surface area contributed by atoms with Crippen molar-refractivity contribution in [2.75, 3.05) is 23.7 Å². The van der Waals surface area contributed by atoms with Gasteiger partial charge in [-0.15, -0.1) is 0 Å². The Morgan fingerprint density at radius 3 is 2.75 bits per heavy atom. The average molecular weight is 161 g/mol. The summed E-state index contributed by atoms with van der Waals surface area (Å²) >= 11 is 0. The fraction of sp³-hybridized carbons (Fsp3) is 0.400. The van der Waals surface area contributed by atoms with Gasteiger partial charge in [-0.25, -0.2) is 0 Å². The highest BCUT2D eigenvalue weighted by Gasteiger charge is 2.11. The van der Waals surface area contributed by atoms with E-state index in [9.17, 15) is 0 Å². The van der Waals surface area contributed by atoms with Crippen LogP contribution in [0, 0.1) is 6.07 Å². The van der Waals surface area contributed by atoms with Gasteiger partial charge in [0.2, 0.25) is 0 Å². The normalized spacial score (nSPS) is 16.8. The molecule has 2 rings (SSSR count). The van der Waals surface area contributed by atoms with Crippen LogP contribution in [0.2, 0.25) is 0 Å². The number of benzene rings is 1. The van der Waals surface area contributed by atoms with E-state index in [4.69, 9.17) is 5.73 Å². The van der Waals surface area contributed by atoms with Crippen LogP contribution in [0.5, 0.6) is 0 Å².